The number of nitrogens with one attached hydrogen (secondary N) is 1. The Bertz CT molecular complexity index is 380. The van der Waals surface area contributed by atoms with Crippen LogP contribution in [0.15, 0.2) is 0 Å². The lowest BCUT2D eigenvalue weighted by atomic mass is 9.91. The second-order valence-electron chi connectivity index (χ2n) is 7.60. The van der Waals surface area contributed by atoms with E-state index >= 15 is 0 Å². The molecule has 1 aliphatic carbocycles. The molecule has 2 rings (SSSR count). The van der Waals surface area contributed by atoms with Crippen molar-refractivity contribution >= 4 is 0 Å². The van der Waals surface area contributed by atoms with Gasteiger partial charge in [-0.3, -0.25) is 15.1 Å². The first-order valence-corrected chi connectivity index (χ1v) is 7.91. The van der Waals surface area contributed by atoms with Crippen LogP contribution in [0.3, 0.4) is 0 Å². The van der Waals surface area contributed by atoms with Gasteiger partial charge in [-0.05, 0) is 53.5 Å². The molecular formula is C16H30N4. The molecule has 4 heteroatoms. The van der Waals surface area contributed by atoms with Gasteiger partial charge in [0.25, 0.3) is 0 Å². The second kappa shape index (κ2) is 5.63. The number of likely N-dealkylation sites (N-methyl/N-ethyl adjacent to an activating group) is 1. The van der Waals surface area contributed by atoms with Crippen molar-refractivity contribution in [1.82, 2.24) is 15.1 Å². The van der Waals surface area contributed by atoms with E-state index in [4.69, 9.17) is 0 Å². The highest BCUT2D eigenvalue weighted by Crippen LogP contribution is 2.40. The fourth-order valence-electron chi connectivity index (χ4n) is 3.37. The number of nitriles is 1. The molecule has 1 unspecified atom stereocenters. The van der Waals surface area contributed by atoms with Crippen LogP contribution in [-0.4, -0.2) is 60.1 Å². The molecule has 0 amide bonds. The van der Waals surface area contributed by atoms with Crippen molar-refractivity contribution < 1.29 is 0 Å². The first-order chi connectivity index (χ1) is 9.29. The molecular weight excluding hydrogens is 248 g/mol. The van der Waals surface area contributed by atoms with Crippen LogP contribution in [0.5, 0.6) is 0 Å². The molecule has 4 nitrogen and oxygen atoms in total. The molecule has 0 aromatic carbocycles. The maximum absolute atomic E-state index is 9.80. The van der Waals surface area contributed by atoms with Gasteiger partial charge in [0, 0.05) is 37.8 Å². The number of hydrogen-bond acceptors (Lipinski definition) is 4. The Morgan fingerprint density at radius 1 is 1.35 bits per heavy atom. The molecule has 1 saturated carbocycles. The minimum absolute atomic E-state index is 0.195. The zero-order valence-electron chi connectivity index (χ0n) is 13.7. The highest BCUT2D eigenvalue weighted by atomic mass is 15.3. The van der Waals surface area contributed by atoms with Crippen LogP contribution < -0.4 is 5.32 Å². The summed E-state index contributed by atoms with van der Waals surface area (Å²) in [5, 5.41) is 13.4. The van der Waals surface area contributed by atoms with Gasteiger partial charge in [0.05, 0.1) is 6.07 Å². The molecule has 1 saturated heterocycles. The Kier molecular flexibility index (Phi) is 4.44. The first-order valence-electron chi connectivity index (χ1n) is 7.91. The summed E-state index contributed by atoms with van der Waals surface area (Å²) in [7, 11) is 2.20. The number of piperazine rings is 1. The van der Waals surface area contributed by atoms with Crippen LogP contribution in [0.2, 0.25) is 0 Å². The molecule has 1 N–H and O–H groups in total. The fraction of sp³-hybridized carbons (Fsp3) is 0.938. The smallest absolute Gasteiger partial charge is 0.122 e. The van der Waals surface area contributed by atoms with E-state index in [1.807, 2.05) is 0 Å². The topological polar surface area (TPSA) is 42.3 Å². The Labute approximate surface area is 124 Å². The van der Waals surface area contributed by atoms with E-state index in [2.05, 4.69) is 55.9 Å². The molecule has 0 aromatic heterocycles. The zero-order chi connectivity index (χ0) is 15.0. The molecule has 20 heavy (non-hydrogen) atoms. The summed E-state index contributed by atoms with van der Waals surface area (Å²) in [6.07, 6.45) is 2.40. The molecule has 2 aliphatic rings. The summed E-state index contributed by atoms with van der Waals surface area (Å²) in [4.78, 5) is 4.90. The molecule has 2 fully saturated rings. The third-order valence-electron chi connectivity index (χ3n) is 4.89. The van der Waals surface area contributed by atoms with Crippen molar-refractivity contribution in [3.8, 4) is 6.07 Å². The molecule has 1 atom stereocenters. The summed E-state index contributed by atoms with van der Waals surface area (Å²) in [6, 6.07) is 2.99. The molecule has 0 aromatic rings. The van der Waals surface area contributed by atoms with Crippen LogP contribution in [0.4, 0.5) is 0 Å². The third kappa shape index (κ3) is 3.33. The third-order valence-corrected chi connectivity index (χ3v) is 4.89. The zero-order valence-corrected chi connectivity index (χ0v) is 13.7. The van der Waals surface area contributed by atoms with Crippen molar-refractivity contribution in [1.29, 1.82) is 5.26 Å². The van der Waals surface area contributed by atoms with Gasteiger partial charge in [0.15, 0.2) is 0 Å². The van der Waals surface area contributed by atoms with Crippen molar-refractivity contribution in [2.24, 2.45) is 5.92 Å². The van der Waals surface area contributed by atoms with Crippen LogP contribution >= 0.6 is 0 Å². The Morgan fingerprint density at radius 2 is 2.00 bits per heavy atom. The van der Waals surface area contributed by atoms with Crippen molar-refractivity contribution in [2.45, 2.75) is 57.7 Å². The average molecular weight is 278 g/mol. The molecule has 1 aliphatic heterocycles. The number of rotatable bonds is 5. The Balaban J connectivity index is 2.07. The SMILES string of the molecule is CC(C)NC(C#N)(CN1CCN(C)C(C)(C)C1)C1CC1. The standard InChI is InChI=1S/C16H30N4/c1-13(2)18-16(10-17,14-6-7-14)12-20-9-8-19(5)15(3,4)11-20/h13-14,18H,6-9,11-12H2,1-5H3. The molecule has 1 heterocycles. The lowest BCUT2D eigenvalue weighted by Gasteiger charge is -2.47. The summed E-state index contributed by atoms with van der Waals surface area (Å²) in [5.74, 6) is 0.540. The summed E-state index contributed by atoms with van der Waals surface area (Å²) in [5.41, 5.74) is -0.152. The van der Waals surface area contributed by atoms with Gasteiger partial charge >= 0.3 is 0 Å². The van der Waals surface area contributed by atoms with Crippen LogP contribution in [0.25, 0.3) is 0 Å². The minimum atomic E-state index is -0.347. The molecule has 0 radical (unpaired) electrons. The normalized spacial score (nSPS) is 27.2. The van der Waals surface area contributed by atoms with Crippen molar-refractivity contribution in [3.05, 3.63) is 0 Å². The maximum atomic E-state index is 9.80. The van der Waals surface area contributed by atoms with Gasteiger partial charge in [-0.2, -0.15) is 5.26 Å². The fourth-order valence-corrected chi connectivity index (χ4v) is 3.37. The maximum Gasteiger partial charge on any atom is 0.122 e. The minimum Gasteiger partial charge on any atom is -0.299 e. The van der Waals surface area contributed by atoms with Crippen LogP contribution in [0, 0.1) is 17.2 Å². The number of hydrogen-bond donors (Lipinski definition) is 1. The van der Waals surface area contributed by atoms with Crippen LogP contribution in [0.1, 0.15) is 40.5 Å². The summed E-state index contributed by atoms with van der Waals surface area (Å²) < 4.78 is 0. The quantitative estimate of drug-likeness (QED) is 0.831. The lowest BCUT2D eigenvalue weighted by molar-refractivity contribution is 0.0268. The van der Waals surface area contributed by atoms with E-state index in [-0.39, 0.29) is 11.1 Å². The van der Waals surface area contributed by atoms with Gasteiger partial charge in [0.1, 0.15) is 5.54 Å². The van der Waals surface area contributed by atoms with Gasteiger partial charge in [0.2, 0.25) is 0 Å². The van der Waals surface area contributed by atoms with E-state index in [0.29, 0.717) is 12.0 Å². The van der Waals surface area contributed by atoms with Crippen molar-refractivity contribution in [3.63, 3.8) is 0 Å². The summed E-state index contributed by atoms with van der Waals surface area (Å²) >= 11 is 0. The van der Waals surface area contributed by atoms with Crippen LogP contribution in [-0.2, 0) is 0 Å². The van der Waals surface area contributed by atoms with E-state index in [1.54, 1.807) is 0 Å². The second-order valence-corrected chi connectivity index (χ2v) is 7.60. The monoisotopic (exact) mass is 278 g/mol. The predicted octanol–water partition coefficient (Wildman–Crippen LogP) is 1.68. The lowest BCUT2D eigenvalue weighted by Crippen LogP contribution is -2.63. The van der Waals surface area contributed by atoms with Crippen molar-refractivity contribution in [2.75, 3.05) is 33.2 Å². The number of nitrogens with zero attached hydrogens (tertiary/aromatic N) is 3. The average Bonchev–Trinajstić information content (AvgIpc) is 3.16. The molecule has 0 spiro atoms. The Morgan fingerprint density at radius 3 is 2.45 bits per heavy atom. The van der Waals surface area contributed by atoms with E-state index in [1.165, 1.54) is 12.8 Å². The van der Waals surface area contributed by atoms with Gasteiger partial charge in [-0.1, -0.05) is 0 Å². The van der Waals surface area contributed by atoms with Gasteiger partial charge in [-0.15, -0.1) is 0 Å². The van der Waals surface area contributed by atoms with E-state index in [9.17, 15) is 5.26 Å². The highest BCUT2D eigenvalue weighted by molar-refractivity contribution is 5.17. The van der Waals surface area contributed by atoms with E-state index < -0.39 is 0 Å². The largest absolute Gasteiger partial charge is 0.299 e. The van der Waals surface area contributed by atoms with E-state index in [0.717, 1.165) is 26.2 Å². The van der Waals surface area contributed by atoms with Gasteiger partial charge in [-0.25, -0.2) is 0 Å². The summed E-state index contributed by atoms with van der Waals surface area (Å²) in [6.45, 7) is 12.9. The highest BCUT2D eigenvalue weighted by Gasteiger charge is 2.48. The molecule has 0 bridgehead atoms. The molecule has 114 valence electrons. The van der Waals surface area contributed by atoms with Gasteiger partial charge < -0.3 is 0 Å². The predicted molar refractivity (Wildman–Crippen MR) is 82.5 cm³/mol. The Hall–Kier alpha value is -0.630. The first kappa shape index (κ1) is 15.8.